The highest BCUT2D eigenvalue weighted by Crippen LogP contribution is 2.51. The van der Waals surface area contributed by atoms with E-state index >= 15 is 0 Å². The molecule has 0 aliphatic carbocycles. The monoisotopic (exact) mass is 232 g/mol. The molecule has 0 amide bonds. The predicted octanol–water partition coefficient (Wildman–Crippen LogP) is 3.78. The molecule has 1 aliphatic heterocycles. The normalized spacial score (nSPS) is 22.5. The molecule has 3 rings (SSSR count). The molecule has 2 aromatic rings. The van der Waals surface area contributed by atoms with Gasteiger partial charge >= 0.3 is 0 Å². The van der Waals surface area contributed by atoms with Crippen molar-refractivity contribution in [1.82, 2.24) is 0 Å². The van der Waals surface area contributed by atoms with Gasteiger partial charge in [0.05, 0.1) is 0 Å². The summed E-state index contributed by atoms with van der Waals surface area (Å²) < 4.78 is 32.4. The smallest absolute Gasteiger partial charge is 0.129 e. The van der Waals surface area contributed by atoms with Crippen molar-refractivity contribution in [2.75, 3.05) is 0 Å². The molecule has 0 radical (unpaired) electrons. The van der Waals surface area contributed by atoms with Gasteiger partial charge in [-0.05, 0) is 12.1 Å². The zero-order valence-corrected chi connectivity index (χ0v) is 8.94. The maximum absolute atomic E-state index is 13.5. The van der Waals surface area contributed by atoms with Gasteiger partial charge in [-0.2, -0.15) is 0 Å². The molecule has 0 bridgehead atoms. The van der Waals surface area contributed by atoms with E-state index in [-0.39, 0.29) is 23.8 Å². The van der Waals surface area contributed by atoms with Gasteiger partial charge in [-0.1, -0.05) is 36.4 Å². The van der Waals surface area contributed by atoms with Crippen LogP contribution < -0.4 is 0 Å². The fourth-order valence-electron chi connectivity index (χ4n) is 2.00. The summed E-state index contributed by atoms with van der Waals surface area (Å²) in [6.07, 6.45) is -0.735. The largest absolute Gasteiger partial charge is 0.359 e. The Kier molecular flexibility index (Phi) is 2.41. The molecular weight excluding hydrogens is 222 g/mol. The minimum Gasteiger partial charge on any atom is -0.359 e. The van der Waals surface area contributed by atoms with E-state index in [1.807, 2.05) is 0 Å². The van der Waals surface area contributed by atoms with Gasteiger partial charge < -0.3 is 4.74 Å². The van der Waals surface area contributed by atoms with Gasteiger partial charge in [-0.25, -0.2) is 8.78 Å². The highest BCUT2D eigenvalue weighted by Gasteiger charge is 2.44. The minimum atomic E-state index is -0.368. The van der Waals surface area contributed by atoms with E-state index < -0.39 is 0 Å². The first-order chi connectivity index (χ1) is 8.27. The summed E-state index contributed by atoms with van der Waals surface area (Å²) in [5.74, 6) is -0.618. The molecule has 1 aliphatic rings. The molecule has 0 aromatic heterocycles. The number of benzene rings is 2. The number of halogens is 2. The third kappa shape index (κ3) is 1.83. The molecule has 2 aromatic carbocycles. The quantitative estimate of drug-likeness (QED) is 0.718. The standard InChI is InChI=1S/C14H10F2O/c15-11-7-3-1-5-9(11)13-14(17-13)10-6-2-4-8-12(10)16/h1-8,13-14H/t13-,14-/m1/s1. The predicted molar refractivity (Wildman–Crippen MR) is 59.4 cm³/mol. The second-order valence-electron chi connectivity index (χ2n) is 4.02. The topological polar surface area (TPSA) is 12.5 Å². The molecule has 1 fully saturated rings. The van der Waals surface area contributed by atoms with Crippen molar-refractivity contribution in [2.24, 2.45) is 0 Å². The molecule has 0 saturated carbocycles. The molecule has 0 unspecified atom stereocenters. The molecule has 3 heteroatoms. The Morgan fingerprint density at radius 2 is 1.12 bits per heavy atom. The Balaban J connectivity index is 1.89. The number of rotatable bonds is 2. The average Bonchev–Trinajstić information content (AvgIpc) is 3.10. The Hall–Kier alpha value is -1.74. The van der Waals surface area contributed by atoms with Crippen molar-refractivity contribution in [3.8, 4) is 0 Å². The van der Waals surface area contributed by atoms with E-state index in [2.05, 4.69) is 0 Å². The van der Waals surface area contributed by atoms with Gasteiger partial charge in [0.2, 0.25) is 0 Å². The summed E-state index contributed by atoms with van der Waals surface area (Å²) in [6, 6.07) is 12.8. The number of hydrogen-bond donors (Lipinski definition) is 0. The van der Waals surface area contributed by atoms with Crippen LogP contribution in [-0.2, 0) is 4.74 Å². The zero-order valence-electron chi connectivity index (χ0n) is 8.94. The van der Waals surface area contributed by atoms with Crippen molar-refractivity contribution in [2.45, 2.75) is 12.2 Å². The minimum absolute atomic E-state index is 0.309. The average molecular weight is 232 g/mol. The van der Waals surface area contributed by atoms with E-state index in [4.69, 9.17) is 4.74 Å². The summed E-state index contributed by atoms with van der Waals surface area (Å²) in [6.45, 7) is 0. The maximum Gasteiger partial charge on any atom is 0.129 e. The molecule has 1 nitrogen and oxygen atoms in total. The van der Waals surface area contributed by atoms with Crippen LogP contribution in [0.4, 0.5) is 8.78 Å². The molecule has 1 heterocycles. The second kappa shape index (κ2) is 3.93. The number of hydrogen-bond acceptors (Lipinski definition) is 1. The lowest BCUT2D eigenvalue weighted by Gasteiger charge is -1.99. The number of ether oxygens (including phenoxy) is 1. The lowest BCUT2D eigenvalue weighted by Crippen LogP contribution is -1.91. The highest BCUT2D eigenvalue weighted by molar-refractivity contribution is 5.31. The van der Waals surface area contributed by atoms with Gasteiger partial charge in [0.25, 0.3) is 0 Å². The molecule has 17 heavy (non-hydrogen) atoms. The van der Waals surface area contributed by atoms with Gasteiger partial charge in [0, 0.05) is 11.1 Å². The van der Waals surface area contributed by atoms with E-state index in [0.29, 0.717) is 11.1 Å². The highest BCUT2D eigenvalue weighted by atomic mass is 19.1. The van der Waals surface area contributed by atoms with Crippen LogP contribution in [0.2, 0.25) is 0 Å². The first-order valence-electron chi connectivity index (χ1n) is 5.41. The van der Waals surface area contributed by atoms with E-state index in [9.17, 15) is 8.78 Å². The van der Waals surface area contributed by atoms with Crippen LogP contribution >= 0.6 is 0 Å². The SMILES string of the molecule is Fc1ccccc1[C@H]1O[C@@H]1c1ccccc1F. The zero-order chi connectivity index (χ0) is 11.8. The van der Waals surface area contributed by atoms with Crippen LogP contribution in [0.5, 0.6) is 0 Å². The van der Waals surface area contributed by atoms with Crippen molar-refractivity contribution >= 4 is 0 Å². The van der Waals surface area contributed by atoms with Crippen molar-refractivity contribution in [3.05, 3.63) is 71.3 Å². The Morgan fingerprint density at radius 1 is 0.706 bits per heavy atom. The summed E-state index contributed by atoms with van der Waals surface area (Å²) in [7, 11) is 0. The molecular formula is C14H10F2O. The molecule has 2 atom stereocenters. The molecule has 0 N–H and O–H groups in total. The van der Waals surface area contributed by atoms with Crippen LogP contribution in [-0.4, -0.2) is 0 Å². The maximum atomic E-state index is 13.5. The molecule has 1 saturated heterocycles. The summed E-state index contributed by atoms with van der Waals surface area (Å²) in [4.78, 5) is 0. The van der Waals surface area contributed by atoms with Crippen LogP contribution in [0.1, 0.15) is 23.3 Å². The van der Waals surface area contributed by atoms with Gasteiger partial charge in [0.15, 0.2) is 0 Å². The van der Waals surface area contributed by atoms with Crippen molar-refractivity contribution < 1.29 is 13.5 Å². The second-order valence-corrected chi connectivity index (χ2v) is 4.02. The van der Waals surface area contributed by atoms with E-state index in [1.165, 1.54) is 12.1 Å². The van der Waals surface area contributed by atoms with Gasteiger partial charge in [-0.3, -0.25) is 0 Å². The Bertz CT molecular complexity index is 504. The van der Waals surface area contributed by atoms with E-state index in [0.717, 1.165) is 0 Å². The Morgan fingerprint density at radius 3 is 1.53 bits per heavy atom. The van der Waals surface area contributed by atoms with Crippen LogP contribution in [0, 0.1) is 11.6 Å². The molecule has 86 valence electrons. The fourth-order valence-corrected chi connectivity index (χ4v) is 2.00. The van der Waals surface area contributed by atoms with Crippen molar-refractivity contribution in [3.63, 3.8) is 0 Å². The first-order valence-corrected chi connectivity index (χ1v) is 5.41. The van der Waals surface area contributed by atoms with Gasteiger partial charge in [-0.15, -0.1) is 0 Å². The summed E-state index contributed by atoms with van der Waals surface area (Å²) >= 11 is 0. The van der Waals surface area contributed by atoms with Gasteiger partial charge in [0.1, 0.15) is 23.8 Å². The van der Waals surface area contributed by atoms with E-state index in [1.54, 1.807) is 36.4 Å². The van der Waals surface area contributed by atoms with Crippen LogP contribution in [0.25, 0.3) is 0 Å². The Labute approximate surface area is 97.7 Å². The lowest BCUT2D eigenvalue weighted by molar-refractivity contribution is 0.369. The lowest BCUT2D eigenvalue weighted by atomic mass is 10.0. The number of epoxide rings is 1. The van der Waals surface area contributed by atoms with Crippen LogP contribution in [0.15, 0.2) is 48.5 Å². The van der Waals surface area contributed by atoms with Crippen molar-refractivity contribution in [1.29, 1.82) is 0 Å². The third-order valence-corrected chi connectivity index (χ3v) is 2.92. The van der Waals surface area contributed by atoms with Crippen LogP contribution in [0.3, 0.4) is 0 Å². The first kappa shape index (κ1) is 10.4. The fraction of sp³-hybridized carbons (Fsp3) is 0.143. The third-order valence-electron chi connectivity index (χ3n) is 2.92. The molecule has 0 spiro atoms. The summed E-state index contributed by atoms with van der Waals surface area (Å²) in [5, 5.41) is 0. The summed E-state index contributed by atoms with van der Waals surface area (Å²) in [5.41, 5.74) is 0.974.